The van der Waals surface area contributed by atoms with Crippen molar-refractivity contribution in [3.63, 3.8) is 0 Å². The molecule has 0 aliphatic rings. The Kier molecular flexibility index (Phi) is 7.38. The standard InChI is InChI=1S/C23H29FN6O/c1-15(28-2)18(21(27)12-26)9-11-31-23-19(4-3-5-20(23)24)16-6-7-22-29-13-17(8-10-25)30(22)14-16/h3-7,13-14H,8-12,25-27H2,1-2H3/b21-18-,28-15?. The van der Waals surface area contributed by atoms with E-state index < -0.39 is 5.82 Å². The second-order valence-electron chi connectivity index (χ2n) is 7.17. The van der Waals surface area contributed by atoms with Crippen molar-refractivity contribution in [2.45, 2.75) is 19.8 Å². The third kappa shape index (κ3) is 4.92. The van der Waals surface area contributed by atoms with Crippen molar-refractivity contribution in [1.29, 1.82) is 0 Å². The summed E-state index contributed by atoms with van der Waals surface area (Å²) < 4.78 is 22.6. The van der Waals surface area contributed by atoms with Crippen LogP contribution in [0.1, 0.15) is 19.0 Å². The molecule has 8 heteroatoms. The molecule has 31 heavy (non-hydrogen) atoms. The van der Waals surface area contributed by atoms with Crippen molar-refractivity contribution in [3.05, 3.63) is 65.5 Å². The number of benzene rings is 1. The molecule has 0 aliphatic carbocycles. The number of aliphatic imine (C=N–C) groups is 1. The van der Waals surface area contributed by atoms with Gasteiger partial charge in [0.25, 0.3) is 0 Å². The third-order valence-electron chi connectivity index (χ3n) is 5.24. The quantitative estimate of drug-likeness (QED) is 0.457. The molecule has 164 valence electrons. The highest BCUT2D eigenvalue weighted by Crippen LogP contribution is 2.33. The molecule has 0 bridgehead atoms. The number of hydrogen-bond donors (Lipinski definition) is 3. The normalized spacial score (nSPS) is 12.9. The molecule has 0 saturated heterocycles. The summed E-state index contributed by atoms with van der Waals surface area (Å²) in [6.07, 6.45) is 4.91. The first-order chi connectivity index (χ1) is 15.0. The van der Waals surface area contributed by atoms with Gasteiger partial charge >= 0.3 is 0 Å². The third-order valence-corrected chi connectivity index (χ3v) is 5.24. The van der Waals surface area contributed by atoms with Gasteiger partial charge in [-0.2, -0.15) is 0 Å². The van der Waals surface area contributed by atoms with Gasteiger partial charge in [-0.05, 0) is 37.2 Å². The van der Waals surface area contributed by atoms with E-state index in [2.05, 4.69) is 9.98 Å². The molecule has 0 unspecified atom stereocenters. The van der Waals surface area contributed by atoms with Crippen molar-refractivity contribution in [2.24, 2.45) is 22.2 Å². The van der Waals surface area contributed by atoms with E-state index in [1.807, 2.05) is 41.9 Å². The fourth-order valence-corrected chi connectivity index (χ4v) is 3.49. The Morgan fingerprint density at radius 1 is 1.23 bits per heavy atom. The summed E-state index contributed by atoms with van der Waals surface area (Å²) in [6, 6.07) is 8.69. The first-order valence-electron chi connectivity index (χ1n) is 10.2. The van der Waals surface area contributed by atoms with Gasteiger partial charge in [0.2, 0.25) is 0 Å². The van der Waals surface area contributed by atoms with E-state index in [1.54, 1.807) is 13.1 Å². The first-order valence-corrected chi connectivity index (χ1v) is 10.2. The number of ether oxygens (including phenoxy) is 1. The van der Waals surface area contributed by atoms with Gasteiger partial charge < -0.3 is 26.3 Å². The lowest BCUT2D eigenvalue weighted by Gasteiger charge is -2.15. The number of hydrogen-bond acceptors (Lipinski definition) is 6. The van der Waals surface area contributed by atoms with Crippen LogP contribution < -0.4 is 21.9 Å². The Labute approximate surface area is 181 Å². The van der Waals surface area contributed by atoms with Crippen LogP contribution in [0.5, 0.6) is 5.75 Å². The van der Waals surface area contributed by atoms with Gasteiger partial charge in [0.15, 0.2) is 11.6 Å². The lowest BCUT2D eigenvalue weighted by atomic mass is 10.0. The van der Waals surface area contributed by atoms with Crippen molar-refractivity contribution in [1.82, 2.24) is 9.38 Å². The summed E-state index contributed by atoms with van der Waals surface area (Å²) in [5.41, 5.74) is 22.9. The molecular weight excluding hydrogens is 395 g/mol. The topological polar surface area (TPSA) is 117 Å². The number of para-hydroxylation sites is 1. The first kappa shape index (κ1) is 22.5. The van der Waals surface area contributed by atoms with Crippen LogP contribution in [0.2, 0.25) is 0 Å². The van der Waals surface area contributed by atoms with E-state index in [1.165, 1.54) is 6.07 Å². The maximum atomic E-state index is 14.7. The Bertz CT molecular complexity index is 1120. The molecule has 2 aromatic heterocycles. The molecule has 7 nitrogen and oxygen atoms in total. The number of fused-ring (bicyclic) bond motifs is 1. The number of imidazole rings is 1. The summed E-state index contributed by atoms with van der Waals surface area (Å²) in [5, 5.41) is 0. The average Bonchev–Trinajstić information content (AvgIpc) is 3.19. The molecule has 0 amide bonds. The Hall–Kier alpha value is -3.23. The Balaban J connectivity index is 1.91. The largest absolute Gasteiger partial charge is 0.490 e. The molecule has 0 aliphatic heterocycles. The molecule has 3 aromatic rings. The Morgan fingerprint density at radius 3 is 2.74 bits per heavy atom. The molecule has 0 atom stereocenters. The molecule has 0 fully saturated rings. The minimum Gasteiger partial charge on any atom is -0.490 e. The van der Waals surface area contributed by atoms with Crippen molar-refractivity contribution in [2.75, 3.05) is 26.7 Å². The van der Waals surface area contributed by atoms with Crippen LogP contribution in [0.15, 0.2) is 59.0 Å². The van der Waals surface area contributed by atoms with Crippen molar-refractivity contribution >= 4 is 11.4 Å². The number of rotatable bonds is 9. The number of pyridine rings is 1. The zero-order valence-corrected chi connectivity index (χ0v) is 17.9. The molecule has 0 spiro atoms. The predicted octanol–water partition coefficient (Wildman–Crippen LogP) is 2.67. The molecule has 3 rings (SSSR count). The number of aromatic nitrogens is 2. The molecule has 6 N–H and O–H groups in total. The number of halogens is 1. The highest BCUT2D eigenvalue weighted by atomic mass is 19.1. The van der Waals surface area contributed by atoms with Crippen LogP contribution in [-0.4, -0.2) is 41.8 Å². The molecule has 0 saturated carbocycles. The highest BCUT2D eigenvalue weighted by Gasteiger charge is 2.15. The molecule has 0 radical (unpaired) electrons. The van der Waals surface area contributed by atoms with Crippen LogP contribution >= 0.6 is 0 Å². The van der Waals surface area contributed by atoms with E-state index in [-0.39, 0.29) is 18.9 Å². The number of nitrogens with zero attached hydrogens (tertiary/aromatic N) is 3. The highest BCUT2D eigenvalue weighted by molar-refractivity contribution is 5.98. The summed E-state index contributed by atoms with van der Waals surface area (Å²) in [7, 11) is 1.69. The predicted molar refractivity (Wildman–Crippen MR) is 123 cm³/mol. The van der Waals surface area contributed by atoms with E-state index in [0.717, 1.165) is 28.2 Å². The SMILES string of the molecule is CN=C(C)/C(CCOc1c(F)cccc1-c1ccc2ncc(CCN)n2c1)=C(\N)CN. The monoisotopic (exact) mass is 424 g/mol. The molecular formula is C23H29FN6O. The minimum atomic E-state index is -0.427. The average molecular weight is 425 g/mol. The zero-order valence-electron chi connectivity index (χ0n) is 17.9. The van der Waals surface area contributed by atoms with Crippen LogP contribution in [0.25, 0.3) is 16.8 Å². The van der Waals surface area contributed by atoms with Crippen LogP contribution in [0.3, 0.4) is 0 Å². The summed E-state index contributed by atoms with van der Waals surface area (Å²) >= 11 is 0. The second-order valence-corrected chi connectivity index (χ2v) is 7.17. The van der Waals surface area contributed by atoms with E-state index >= 15 is 0 Å². The fourth-order valence-electron chi connectivity index (χ4n) is 3.49. The Morgan fingerprint density at radius 2 is 2.03 bits per heavy atom. The van der Waals surface area contributed by atoms with Crippen LogP contribution in [-0.2, 0) is 6.42 Å². The van der Waals surface area contributed by atoms with Crippen LogP contribution in [0, 0.1) is 5.82 Å². The lowest BCUT2D eigenvalue weighted by molar-refractivity contribution is 0.307. The van der Waals surface area contributed by atoms with Gasteiger partial charge in [-0.25, -0.2) is 9.37 Å². The molecule has 1 aromatic carbocycles. The van der Waals surface area contributed by atoms with Crippen molar-refractivity contribution in [3.8, 4) is 16.9 Å². The van der Waals surface area contributed by atoms with Gasteiger partial charge in [0.05, 0.1) is 6.61 Å². The minimum absolute atomic E-state index is 0.194. The van der Waals surface area contributed by atoms with Gasteiger partial charge in [-0.15, -0.1) is 0 Å². The number of nitrogens with two attached hydrogens (primary N) is 3. The second kappa shape index (κ2) is 10.2. The maximum absolute atomic E-state index is 14.7. The van der Waals surface area contributed by atoms with Gasteiger partial charge in [-0.1, -0.05) is 12.1 Å². The molecule has 2 heterocycles. The zero-order chi connectivity index (χ0) is 22.4. The van der Waals surface area contributed by atoms with E-state index in [4.69, 9.17) is 21.9 Å². The summed E-state index contributed by atoms with van der Waals surface area (Å²) in [6.45, 7) is 2.85. The van der Waals surface area contributed by atoms with E-state index in [0.29, 0.717) is 30.6 Å². The maximum Gasteiger partial charge on any atom is 0.165 e. The summed E-state index contributed by atoms with van der Waals surface area (Å²) in [4.78, 5) is 8.58. The van der Waals surface area contributed by atoms with Gasteiger partial charge in [-0.3, -0.25) is 4.99 Å². The lowest BCUT2D eigenvalue weighted by Crippen LogP contribution is -2.19. The van der Waals surface area contributed by atoms with Gasteiger partial charge in [0.1, 0.15) is 5.65 Å². The van der Waals surface area contributed by atoms with E-state index in [9.17, 15) is 4.39 Å². The summed E-state index contributed by atoms with van der Waals surface area (Å²) in [5.74, 6) is -0.234. The van der Waals surface area contributed by atoms with Crippen LogP contribution in [0.4, 0.5) is 4.39 Å². The fraction of sp³-hybridized carbons (Fsp3) is 0.304. The van der Waals surface area contributed by atoms with Gasteiger partial charge in [0, 0.05) is 67.1 Å². The smallest absolute Gasteiger partial charge is 0.165 e. The van der Waals surface area contributed by atoms with Crippen molar-refractivity contribution < 1.29 is 9.13 Å².